The third-order valence-electron chi connectivity index (χ3n) is 6.75. The molecule has 0 aliphatic carbocycles. The number of aromatic nitrogens is 2. The van der Waals surface area contributed by atoms with Crippen molar-refractivity contribution in [3.63, 3.8) is 0 Å². The molecule has 2 aliphatic heterocycles. The molecule has 11 heteroatoms. The van der Waals surface area contributed by atoms with Crippen molar-refractivity contribution in [2.24, 2.45) is 0 Å². The number of sulfonamides is 1. The van der Waals surface area contributed by atoms with E-state index in [2.05, 4.69) is 49.3 Å². The van der Waals surface area contributed by atoms with Crippen LogP contribution in [0.25, 0.3) is 0 Å². The molecule has 0 unspecified atom stereocenters. The molecule has 202 valence electrons. The van der Waals surface area contributed by atoms with Crippen molar-refractivity contribution in [2.45, 2.75) is 38.7 Å². The van der Waals surface area contributed by atoms with Crippen LogP contribution in [0.15, 0.2) is 48.5 Å². The fraction of sp³-hybridized carbons (Fsp3) is 0.407. The van der Waals surface area contributed by atoms with Gasteiger partial charge in [0.1, 0.15) is 5.82 Å². The number of hydrogen-bond acceptors (Lipinski definition) is 9. The molecule has 3 heterocycles. The summed E-state index contributed by atoms with van der Waals surface area (Å²) >= 11 is 0. The number of rotatable bonds is 7. The summed E-state index contributed by atoms with van der Waals surface area (Å²) in [4.78, 5) is 14.1. The molecule has 0 atom stereocenters. The summed E-state index contributed by atoms with van der Waals surface area (Å²) in [5.41, 5.74) is 4.99. The second kappa shape index (κ2) is 10.4. The summed E-state index contributed by atoms with van der Waals surface area (Å²) in [5.74, 6) is 1.09. The molecule has 2 aromatic carbocycles. The van der Waals surface area contributed by atoms with Crippen LogP contribution in [-0.2, 0) is 28.0 Å². The van der Waals surface area contributed by atoms with Crippen LogP contribution in [0.3, 0.4) is 0 Å². The molecule has 1 aromatic heterocycles. The van der Waals surface area contributed by atoms with Crippen molar-refractivity contribution >= 4 is 44.5 Å². The average molecular weight is 538 g/mol. The second-order valence-corrected chi connectivity index (χ2v) is 13.1. The Balaban J connectivity index is 1.33. The first-order valence-corrected chi connectivity index (χ1v) is 14.2. The van der Waals surface area contributed by atoms with Gasteiger partial charge in [-0.25, -0.2) is 13.4 Å². The molecule has 5 rings (SSSR count). The maximum Gasteiger partial charge on any atom is 0.237 e. The van der Waals surface area contributed by atoms with Crippen LogP contribution in [0.1, 0.15) is 32.0 Å². The predicted octanol–water partition coefficient (Wildman–Crippen LogP) is 4.29. The quantitative estimate of drug-likeness (QED) is 0.406. The van der Waals surface area contributed by atoms with E-state index in [1.54, 1.807) is 39.0 Å². The molecule has 0 spiro atoms. The van der Waals surface area contributed by atoms with Gasteiger partial charge in [0.25, 0.3) is 0 Å². The molecule has 0 saturated carbocycles. The molecule has 0 bridgehead atoms. The Hall–Kier alpha value is -3.41. The minimum Gasteiger partial charge on any atom is -0.370 e. The third-order valence-corrected chi connectivity index (χ3v) is 8.87. The molecule has 2 aliphatic rings. The number of fused-ring (bicyclic) bond motifs is 1. The first-order chi connectivity index (χ1) is 18.1. The number of hydrogen-bond donors (Lipinski definition) is 3. The van der Waals surface area contributed by atoms with Crippen molar-refractivity contribution in [2.75, 3.05) is 53.5 Å². The summed E-state index contributed by atoms with van der Waals surface area (Å²) in [6.07, 6.45) is 0. The van der Waals surface area contributed by atoms with E-state index in [9.17, 15) is 8.42 Å². The van der Waals surface area contributed by atoms with Gasteiger partial charge in [0, 0.05) is 48.8 Å². The van der Waals surface area contributed by atoms with Crippen LogP contribution in [0.2, 0.25) is 0 Å². The molecular formula is C27H35N7O3S. The van der Waals surface area contributed by atoms with Gasteiger partial charge in [0.15, 0.2) is 0 Å². The van der Waals surface area contributed by atoms with Crippen molar-refractivity contribution in [3.8, 4) is 0 Å². The van der Waals surface area contributed by atoms with E-state index in [1.807, 2.05) is 18.2 Å². The van der Waals surface area contributed by atoms with Gasteiger partial charge in [0.05, 0.1) is 29.3 Å². The van der Waals surface area contributed by atoms with Crippen LogP contribution in [0, 0.1) is 0 Å². The Morgan fingerprint density at radius 1 is 0.868 bits per heavy atom. The molecule has 38 heavy (non-hydrogen) atoms. The third kappa shape index (κ3) is 5.85. The highest BCUT2D eigenvalue weighted by atomic mass is 32.2. The van der Waals surface area contributed by atoms with Crippen LogP contribution in [0.4, 0.5) is 34.5 Å². The molecule has 1 fully saturated rings. The Morgan fingerprint density at radius 2 is 1.58 bits per heavy atom. The maximum atomic E-state index is 12.6. The minimum atomic E-state index is -3.54. The molecule has 10 nitrogen and oxygen atoms in total. The van der Waals surface area contributed by atoms with Gasteiger partial charge in [-0.3, -0.25) is 4.72 Å². The number of ether oxygens (including phenoxy) is 1. The first-order valence-electron chi connectivity index (χ1n) is 12.7. The van der Waals surface area contributed by atoms with E-state index in [0.717, 1.165) is 43.1 Å². The van der Waals surface area contributed by atoms with Crippen molar-refractivity contribution in [1.29, 1.82) is 0 Å². The minimum absolute atomic E-state index is 0.411. The Kier molecular flexibility index (Phi) is 7.17. The highest BCUT2D eigenvalue weighted by Gasteiger charge is 2.29. The standard InChI is InChI=1S/C27H35N7O3S/c1-27(2,3)38(35,36)32-21-7-5-6-20(16-21)28-25-23-17-37-18-24(23)30-26(31-25)29-19-8-10-22(11-9-19)34-14-12-33(4)13-15-34/h5-11,16,32H,12-15,17-18H2,1-4H3,(H2,28,29,30,31). The summed E-state index contributed by atoms with van der Waals surface area (Å²) < 4.78 is 32.6. The average Bonchev–Trinajstić information content (AvgIpc) is 3.33. The van der Waals surface area contributed by atoms with Crippen molar-refractivity contribution < 1.29 is 13.2 Å². The normalized spacial score (nSPS) is 16.3. The van der Waals surface area contributed by atoms with Crippen LogP contribution in [0.5, 0.6) is 0 Å². The lowest BCUT2D eigenvalue weighted by Crippen LogP contribution is -2.44. The van der Waals surface area contributed by atoms with Gasteiger partial charge in [-0.05, 0) is 70.3 Å². The number of nitrogens with one attached hydrogen (secondary N) is 3. The second-order valence-electron chi connectivity index (χ2n) is 10.7. The fourth-order valence-electron chi connectivity index (χ4n) is 4.27. The molecule has 3 aromatic rings. The Morgan fingerprint density at radius 3 is 2.29 bits per heavy atom. The van der Waals surface area contributed by atoms with E-state index < -0.39 is 14.8 Å². The van der Waals surface area contributed by atoms with Crippen molar-refractivity contribution in [1.82, 2.24) is 14.9 Å². The molecule has 0 radical (unpaired) electrons. The van der Waals surface area contributed by atoms with E-state index in [4.69, 9.17) is 9.72 Å². The van der Waals surface area contributed by atoms with Gasteiger partial charge in [0.2, 0.25) is 16.0 Å². The zero-order valence-electron chi connectivity index (χ0n) is 22.3. The van der Waals surface area contributed by atoms with Gasteiger partial charge in [-0.1, -0.05) is 6.07 Å². The van der Waals surface area contributed by atoms with Crippen molar-refractivity contribution in [3.05, 3.63) is 59.8 Å². The lowest BCUT2D eigenvalue weighted by Gasteiger charge is -2.34. The van der Waals surface area contributed by atoms with E-state index in [1.165, 1.54) is 5.69 Å². The first kappa shape index (κ1) is 26.2. The van der Waals surface area contributed by atoms with E-state index in [0.29, 0.717) is 36.4 Å². The smallest absolute Gasteiger partial charge is 0.237 e. The van der Waals surface area contributed by atoms with Gasteiger partial charge in [-0.2, -0.15) is 4.98 Å². The predicted molar refractivity (Wildman–Crippen MR) is 152 cm³/mol. The zero-order valence-corrected chi connectivity index (χ0v) is 23.1. The topological polar surface area (TPSA) is 112 Å². The van der Waals surface area contributed by atoms with E-state index >= 15 is 0 Å². The van der Waals surface area contributed by atoms with Gasteiger partial charge >= 0.3 is 0 Å². The van der Waals surface area contributed by atoms with Crippen LogP contribution >= 0.6 is 0 Å². The Labute approximate surface area is 224 Å². The molecule has 0 amide bonds. The lowest BCUT2D eigenvalue weighted by atomic mass is 10.2. The monoisotopic (exact) mass is 537 g/mol. The largest absolute Gasteiger partial charge is 0.370 e. The summed E-state index contributed by atoms with van der Waals surface area (Å²) in [7, 11) is -1.39. The fourth-order valence-corrected chi connectivity index (χ4v) is 5.01. The number of benzene rings is 2. The summed E-state index contributed by atoms with van der Waals surface area (Å²) in [6.45, 7) is 9.97. The van der Waals surface area contributed by atoms with E-state index in [-0.39, 0.29) is 0 Å². The van der Waals surface area contributed by atoms with Crippen LogP contribution in [-0.4, -0.2) is 61.3 Å². The van der Waals surface area contributed by atoms with Gasteiger partial charge in [-0.15, -0.1) is 0 Å². The molecule has 1 saturated heterocycles. The molecular weight excluding hydrogens is 502 g/mol. The highest BCUT2D eigenvalue weighted by Crippen LogP contribution is 2.31. The van der Waals surface area contributed by atoms with Gasteiger partial charge < -0.3 is 25.2 Å². The summed E-state index contributed by atoms with van der Waals surface area (Å²) in [6, 6.07) is 15.4. The Bertz CT molecular complexity index is 1400. The number of likely N-dealkylation sites (N-methyl/N-ethyl adjacent to an activating group) is 1. The number of piperazine rings is 1. The SMILES string of the molecule is CN1CCN(c2ccc(Nc3nc4c(c(Nc5cccc(NS(=O)(=O)C(C)(C)C)c5)n3)COC4)cc2)CC1. The summed E-state index contributed by atoms with van der Waals surface area (Å²) in [5, 5.41) is 6.65. The molecule has 3 N–H and O–H groups in total. The lowest BCUT2D eigenvalue weighted by molar-refractivity contribution is 0.133. The maximum absolute atomic E-state index is 12.6. The highest BCUT2D eigenvalue weighted by molar-refractivity contribution is 7.94. The number of nitrogens with zero attached hydrogens (tertiary/aromatic N) is 4. The van der Waals surface area contributed by atoms with Crippen LogP contribution < -0.4 is 20.3 Å². The number of anilines is 6. The zero-order chi connectivity index (χ0) is 26.9.